The van der Waals surface area contributed by atoms with E-state index >= 15 is 0 Å². The van der Waals surface area contributed by atoms with Crippen molar-refractivity contribution in [2.24, 2.45) is 0 Å². The van der Waals surface area contributed by atoms with Gasteiger partial charge in [0, 0.05) is 6.07 Å². The summed E-state index contributed by atoms with van der Waals surface area (Å²) in [5, 5.41) is 2.30. The minimum Gasteiger partial charge on any atom is -0.305 e. The molecule has 110 valence electrons. The summed E-state index contributed by atoms with van der Waals surface area (Å²) < 4.78 is 39.5. The third-order valence-electron chi connectivity index (χ3n) is 2.94. The third kappa shape index (κ3) is 2.60. The SMILES string of the molecule is O=C(Nc1cnc2ccccc2n1)c1cc(F)c(F)cc1F. The Hall–Kier alpha value is -2.96. The molecule has 1 amide bonds. The molecule has 0 radical (unpaired) electrons. The molecule has 0 bridgehead atoms. The van der Waals surface area contributed by atoms with Gasteiger partial charge in [0.1, 0.15) is 5.82 Å². The number of aromatic nitrogens is 2. The smallest absolute Gasteiger partial charge is 0.259 e. The number of rotatable bonds is 2. The maximum atomic E-state index is 13.5. The van der Waals surface area contributed by atoms with E-state index in [0.717, 1.165) is 0 Å². The van der Waals surface area contributed by atoms with E-state index in [9.17, 15) is 18.0 Å². The Bertz CT molecular complexity index is 883. The zero-order valence-electron chi connectivity index (χ0n) is 11.0. The zero-order chi connectivity index (χ0) is 15.7. The van der Waals surface area contributed by atoms with Gasteiger partial charge in [0.2, 0.25) is 0 Å². The van der Waals surface area contributed by atoms with E-state index < -0.39 is 28.9 Å². The van der Waals surface area contributed by atoms with Gasteiger partial charge in [0.25, 0.3) is 5.91 Å². The number of hydrogen-bond acceptors (Lipinski definition) is 3. The number of halogens is 3. The van der Waals surface area contributed by atoms with Crippen molar-refractivity contribution in [2.75, 3.05) is 5.32 Å². The van der Waals surface area contributed by atoms with E-state index in [0.29, 0.717) is 23.2 Å². The van der Waals surface area contributed by atoms with E-state index in [1.54, 1.807) is 24.3 Å². The molecule has 3 rings (SSSR count). The van der Waals surface area contributed by atoms with Crippen LogP contribution in [0.25, 0.3) is 11.0 Å². The van der Waals surface area contributed by atoms with Gasteiger partial charge in [0.15, 0.2) is 17.5 Å². The maximum absolute atomic E-state index is 13.5. The molecule has 0 aliphatic carbocycles. The van der Waals surface area contributed by atoms with Gasteiger partial charge in [-0.3, -0.25) is 9.78 Å². The lowest BCUT2D eigenvalue weighted by molar-refractivity contribution is 0.102. The Morgan fingerprint density at radius 2 is 1.64 bits per heavy atom. The van der Waals surface area contributed by atoms with Crippen molar-refractivity contribution in [2.45, 2.75) is 0 Å². The number of carbonyl (C=O) groups excluding carboxylic acids is 1. The van der Waals surface area contributed by atoms with Gasteiger partial charge in [0.05, 0.1) is 22.8 Å². The summed E-state index contributed by atoms with van der Waals surface area (Å²) in [7, 11) is 0. The lowest BCUT2D eigenvalue weighted by Crippen LogP contribution is -2.15. The summed E-state index contributed by atoms with van der Waals surface area (Å²) in [6.45, 7) is 0. The summed E-state index contributed by atoms with van der Waals surface area (Å²) in [5.41, 5.74) is 0.541. The van der Waals surface area contributed by atoms with Crippen LogP contribution in [0, 0.1) is 17.5 Å². The lowest BCUT2D eigenvalue weighted by Gasteiger charge is -2.06. The van der Waals surface area contributed by atoms with Crippen LogP contribution in [0.2, 0.25) is 0 Å². The van der Waals surface area contributed by atoms with E-state index in [1.165, 1.54) is 6.20 Å². The second-order valence-electron chi connectivity index (χ2n) is 4.44. The molecule has 7 heteroatoms. The lowest BCUT2D eigenvalue weighted by atomic mass is 10.2. The molecule has 0 fully saturated rings. The number of fused-ring (bicyclic) bond motifs is 1. The minimum atomic E-state index is -1.36. The number of anilines is 1. The van der Waals surface area contributed by atoms with Gasteiger partial charge in [-0.15, -0.1) is 0 Å². The molecule has 4 nitrogen and oxygen atoms in total. The van der Waals surface area contributed by atoms with Crippen molar-refractivity contribution in [1.29, 1.82) is 0 Å². The Kier molecular flexibility index (Phi) is 3.46. The van der Waals surface area contributed by atoms with Gasteiger partial charge in [-0.2, -0.15) is 0 Å². The topological polar surface area (TPSA) is 54.9 Å². The third-order valence-corrected chi connectivity index (χ3v) is 2.94. The molecule has 22 heavy (non-hydrogen) atoms. The molecule has 0 aliphatic heterocycles. The second kappa shape index (κ2) is 5.44. The quantitative estimate of drug-likeness (QED) is 0.739. The zero-order valence-corrected chi connectivity index (χ0v) is 11.0. The number of hydrogen-bond donors (Lipinski definition) is 1. The normalized spacial score (nSPS) is 10.7. The Morgan fingerprint density at radius 3 is 2.41 bits per heavy atom. The summed E-state index contributed by atoms with van der Waals surface area (Å²) in [6.07, 6.45) is 1.29. The first-order chi connectivity index (χ1) is 10.5. The van der Waals surface area contributed by atoms with Crippen molar-refractivity contribution in [3.63, 3.8) is 0 Å². The highest BCUT2D eigenvalue weighted by Gasteiger charge is 2.17. The van der Waals surface area contributed by atoms with Crippen LogP contribution < -0.4 is 5.32 Å². The highest BCUT2D eigenvalue weighted by atomic mass is 19.2. The molecule has 1 N–H and O–H groups in total. The summed E-state index contributed by atoms with van der Waals surface area (Å²) >= 11 is 0. The van der Waals surface area contributed by atoms with Gasteiger partial charge >= 0.3 is 0 Å². The fourth-order valence-electron chi connectivity index (χ4n) is 1.90. The van der Waals surface area contributed by atoms with Crippen molar-refractivity contribution < 1.29 is 18.0 Å². The Morgan fingerprint density at radius 1 is 0.955 bits per heavy atom. The highest BCUT2D eigenvalue weighted by molar-refractivity contribution is 6.04. The number of benzene rings is 2. The van der Waals surface area contributed by atoms with Crippen LogP contribution in [-0.2, 0) is 0 Å². The molecule has 3 aromatic rings. The molecule has 0 unspecified atom stereocenters. The van der Waals surface area contributed by atoms with Crippen molar-refractivity contribution >= 4 is 22.8 Å². The standard InChI is InChI=1S/C15H8F3N3O/c16-9-6-11(18)10(17)5-8(9)15(22)21-14-7-19-12-3-1-2-4-13(12)20-14/h1-7H,(H,20,21,22). The number of amides is 1. The van der Waals surface area contributed by atoms with E-state index in [2.05, 4.69) is 15.3 Å². The first-order valence-electron chi connectivity index (χ1n) is 6.22. The van der Waals surface area contributed by atoms with Gasteiger partial charge < -0.3 is 5.32 Å². The van der Waals surface area contributed by atoms with Crippen molar-refractivity contribution in [1.82, 2.24) is 9.97 Å². The molecule has 1 aromatic heterocycles. The molecule has 0 saturated carbocycles. The van der Waals surface area contributed by atoms with Gasteiger partial charge in [-0.05, 0) is 18.2 Å². The molecule has 2 aromatic carbocycles. The number of carbonyl (C=O) groups is 1. The van der Waals surface area contributed by atoms with E-state index in [1.807, 2.05) is 0 Å². The summed E-state index contributed by atoms with van der Waals surface area (Å²) in [5.74, 6) is -4.70. The molecule has 0 spiro atoms. The van der Waals surface area contributed by atoms with E-state index in [4.69, 9.17) is 0 Å². The summed E-state index contributed by atoms with van der Waals surface area (Å²) in [4.78, 5) is 20.1. The minimum absolute atomic E-state index is 0.0767. The predicted molar refractivity (Wildman–Crippen MR) is 73.8 cm³/mol. The monoisotopic (exact) mass is 303 g/mol. The second-order valence-corrected chi connectivity index (χ2v) is 4.44. The van der Waals surface area contributed by atoms with Crippen LogP contribution in [0.15, 0.2) is 42.6 Å². The maximum Gasteiger partial charge on any atom is 0.259 e. The summed E-state index contributed by atoms with van der Waals surface area (Å²) in [6, 6.07) is 7.77. The molecule has 1 heterocycles. The first-order valence-corrected chi connectivity index (χ1v) is 6.22. The highest BCUT2D eigenvalue weighted by Crippen LogP contribution is 2.16. The number of para-hydroxylation sites is 2. The van der Waals surface area contributed by atoms with Crippen LogP contribution in [-0.4, -0.2) is 15.9 Å². The fraction of sp³-hybridized carbons (Fsp3) is 0. The van der Waals surface area contributed by atoms with Crippen LogP contribution in [0.4, 0.5) is 19.0 Å². The molecule has 0 saturated heterocycles. The number of nitrogens with zero attached hydrogens (tertiary/aromatic N) is 2. The van der Waals surface area contributed by atoms with Crippen molar-refractivity contribution in [3.05, 3.63) is 65.6 Å². The molecule has 0 atom stereocenters. The Balaban J connectivity index is 1.91. The fourth-order valence-corrected chi connectivity index (χ4v) is 1.90. The average molecular weight is 303 g/mol. The number of nitrogens with one attached hydrogen (secondary N) is 1. The Labute approximate surface area is 122 Å². The first kappa shape index (κ1) is 14.0. The van der Waals surface area contributed by atoms with Crippen LogP contribution in [0.3, 0.4) is 0 Å². The van der Waals surface area contributed by atoms with Crippen molar-refractivity contribution in [3.8, 4) is 0 Å². The van der Waals surface area contributed by atoms with Crippen LogP contribution >= 0.6 is 0 Å². The van der Waals surface area contributed by atoms with Gasteiger partial charge in [-0.1, -0.05) is 12.1 Å². The predicted octanol–water partition coefficient (Wildman–Crippen LogP) is 3.30. The van der Waals surface area contributed by atoms with Gasteiger partial charge in [-0.25, -0.2) is 18.2 Å². The largest absolute Gasteiger partial charge is 0.305 e. The molecular weight excluding hydrogens is 295 g/mol. The van der Waals surface area contributed by atoms with Crippen LogP contribution in [0.5, 0.6) is 0 Å². The average Bonchev–Trinajstić information content (AvgIpc) is 2.50. The molecule has 0 aliphatic rings. The molecular formula is C15H8F3N3O. The van der Waals surface area contributed by atoms with Crippen LogP contribution in [0.1, 0.15) is 10.4 Å². The van der Waals surface area contributed by atoms with E-state index in [-0.39, 0.29) is 5.82 Å².